The van der Waals surface area contributed by atoms with Crippen LogP contribution in [0.15, 0.2) is 17.8 Å². The van der Waals surface area contributed by atoms with Gasteiger partial charge in [0.25, 0.3) is 5.91 Å². The Morgan fingerprint density at radius 3 is 2.58 bits per heavy atom. The van der Waals surface area contributed by atoms with Crippen molar-refractivity contribution < 1.29 is 23.8 Å². The number of thiocarbonyl (C=S) groups is 1. The molecule has 8 heteroatoms. The first kappa shape index (κ1) is 17.7. The van der Waals surface area contributed by atoms with Crippen molar-refractivity contribution in [1.29, 1.82) is 0 Å². The molecule has 1 heterocycles. The van der Waals surface area contributed by atoms with Crippen molar-refractivity contribution in [2.45, 2.75) is 6.92 Å². The van der Waals surface area contributed by atoms with Gasteiger partial charge >= 0.3 is 5.97 Å². The van der Waals surface area contributed by atoms with Gasteiger partial charge in [-0.2, -0.15) is 0 Å². The van der Waals surface area contributed by atoms with Crippen LogP contribution >= 0.6 is 12.2 Å². The summed E-state index contributed by atoms with van der Waals surface area (Å²) in [7, 11) is 4.37. The number of hydrogen-bond donors (Lipinski definition) is 1. The summed E-state index contributed by atoms with van der Waals surface area (Å²) in [5, 5.41) is 2.96. The number of amides is 1. The molecule has 0 atom stereocenters. The molecule has 24 heavy (non-hydrogen) atoms. The average Bonchev–Trinajstić information content (AvgIpc) is 2.82. The van der Waals surface area contributed by atoms with Crippen molar-refractivity contribution in [3.8, 4) is 11.5 Å². The molecule has 0 radical (unpaired) electrons. The van der Waals surface area contributed by atoms with Crippen LogP contribution in [0.1, 0.15) is 11.1 Å². The molecule has 1 N–H and O–H groups in total. The standard InChI is InChI=1S/C16H18N2O5S/c1-9-12(21-2)6-5-10(14(9)23-4)7-11-15(20)18(16(24)17-11)8-13(19)22-3/h5-7H,8H2,1-4H3,(H,17,24)/b11-7-. The Balaban J connectivity index is 2.36. The van der Waals surface area contributed by atoms with Crippen molar-refractivity contribution in [2.24, 2.45) is 0 Å². The number of methoxy groups -OCH3 is 3. The third kappa shape index (κ3) is 3.33. The lowest BCUT2D eigenvalue weighted by atomic mass is 10.1. The van der Waals surface area contributed by atoms with E-state index in [4.69, 9.17) is 21.7 Å². The van der Waals surface area contributed by atoms with Gasteiger partial charge in [-0.05, 0) is 37.4 Å². The first-order chi connectivity index (χ1) is 11.4. The van der Waals surface area contributed by atoms with Crippen molar-refractivity contribution in [3.05, 3.63) is 29.0 Å². The van der Waals surface area contributed by atoms with Crippen LogP contribution in [0.3, 0.4) is 0 Å². The molecule has 1 fully saturated rings. The van der Waals surface area contributed by atoms with Gasteiger partial charge in [-0.25, -0.2) is 0 Å². The fraction of sp³-hybridized carbons (Fsp3) is 0.312. The van der Waals surface area contributed by atoms with Gasteiger partial charge in [-0.1, -0.05) is 0 Å². The first-order valence-corrected chi connectivity index (χ1v) is 7.46. The Hall–Kier alpha value is -2.61. The number of carbonyl (C=O) groups is 2. The Kier molecular flexibility index (Phi) is 5.40. The first-order valence-electron chi connectivity index (χ1n) is 7.05. The predicted octanol–water partition coefficient (Wildman–Crippen LogP) is 1.24. The van der Waals surface area contributed by atoms with E-state index in [9.17, 15) is 9.59 Å². The number of nitrogens with zero attached hydrogens (tertiary/aromatic N) is 1. The molecule has 1 amide bonds. The summed E-state index contributed by atoms with van der Waals surface area (Å²) in [5.41, 5.74) is 1.76. The van der Waals surface area contributed by atoms with Crippen LogP contribution in [0.5, 0.6) is 11.5 Å². The third-order valence-electron chi connectivity index (χ3n) is 3.59. The normalized spacial score (nSPS) is 15.5. The fourth-order valence-electron chi connectivity index (χ4n) is 2.36. The number of carbonyl (C=O) groups excluding carboxylic acids is 2. The largest absolute Gasteiger partial charge is 0.496 e. The van der Waals surface area contributed by atoms with E-state index in [0.717, 1.165) is 10.5 Å². The minimum Gasteiger partial charge on any atom is -0.496 e. The lowest BCUT2D eigenvalue weighted by Crippen LogP contribution is -2.35. The molecule has 1 aliphatic rings. The maximum Gasteiger partial charge on any atom is 0.325 e. The summed E-state index contributed by atoms with van der Waals surface area (Å²) >= 11 is 5.10. The van der Waals surface area contributed by atoms with Crippen LogP contribution < -0.4 is 14.8 Å². The monoisotopic (exact) mass is 350 g/mol. The second kappa shape index (κ2) is 7.31. The van der Waals surface area contributed by atoms with Crippen LogP contribution in [0.4, 0.5) is 0 Å². The molecule has 128 valence electrons. The predicted molar refractivity (Wildman–Crippen MR) is 91.7 cm³/mol. The van der Waals surface area contributed by atoms with E-state index < -0.39 is 11.9 Å². The molecule has 0 spiro atoms. The zero-order chi connectivity index (χ0) is 17.9. The third-order valence-corrected chi connectivity index (χ3v) is 3.91. The van der Waals surface area contributed by atoms with Gasteiger partial charge in [0.05, 0.1) is 21.3 Å². The number of hydrogen-bond acceptors (Lipinski definition) is 6. The van der Waals surface area contributed by atoms with E-state index >= 15 is 0 Å². The number of benzene rings is 1. The van der Waals surface area contributed by atoms with Crippen molar-refractivity contribution >= 4 is 35.3 Å². The van der Waals surface area contributed by atoms with E-state index in [0.29, 0.717) is 17.1 Å². The zero-order valence-corrected chi connectivity index (χ0v) is 14.7. The van der Waals surface area contributed by atoms with Crippen LogP contribution in [-0.4, -0.2) is 49.8 Å². The van der Waals surface area contributed by atoms with Crippen molar-refractivity contribution in [3.63, 3.8) is 0 Å². The summed E-state index contributed by atoms with van der Waals surface area (Å²) < 4.78 is 15.2. The lowest BCUT2D eigenvalue weighted by molar-refractivity contribution is -0.143. The number of ether oxygens (including phenoxy) is 3. The van der Waals surface area contributed by atoms with Crippen LogP contribution in [0.2, 0.25) is 0 Å². The summed E-state index contributed by atoms with van der Waals surface area (Å²) in [5.74, 6) is 0.323. The highest BCUT2D eigenvalue weighted by Gasteiger charge is 2.32. The minimum absolute atomic E-state index is 0.154. The molecule has 7 nitrogen and oxygen atoms in total. The smallest absolute Gasteiger partial charge is 0.325 e. The number of esters is 1. The van der Waals surface area contributed by atoms with Gasteiger partial charge in [0.2, 0.25) is 0 Å². The molecule has 1 aliphatic heterocycles. The summed E-state index contributed by atoms with van der Waals surface area (Å²) in [6.45, 7) is 1.62. The second-order valence-electron chi connectivity index (χ2n) is 4.97. The zero-order valence-electron chi connectivity index (χ0n) is 13.8. The van der Waals surface area contributed by atoms with Gasteiger partial charge in [0.15, 0.2) is 5.11 Å². The molecule has 0 bridgehead atoms. The lowest BCUT2D eigenvalue weighted by Gasteiger charge is -2.13. The van der Waals surface area contributed by atoms with E-state index in [2.05, 4.69) is 10.1 Å². The maximum atomic E-state index is 12.4. The Bertz CT molecular complexity index is 729. The van der Waals surface area contributed by atoms with E-state index in [1.54, 1.807) is 32.4 Å². The van der Waals surface area contributed by atoms with Crippen molar-refractivity contribution in [1.82, 2.24) is 10.2 Å². The highest BCUT2D eigenvalue weighted by atomic mass is 32.1. The fourth-order valence-corrected chi connectivity index (χ4v) is 2.62. The molecule has 1 aromatic carbocycles. The molecule has 0 aromatic heterocycles. The Morgan fingerprint density at radius 2 is 2.00 bits per heavy atom. The van der Waals surface area contributed by atoms with E-state index in [-0.39, 0.29) is 17.4 Å². The summed E-state index contributed by atoms with van der Waals surface area (Å²) in [6.07, 6.45) is 1.62. The van der Waals surface area contributed by atoms with E-state index in [1.807, 2.05) is 6.92 Å². The van der Waals surface area contributed by atoms with Gasteiger partial charge in [0, 0.05) is 11.1 Å². The SMILES string of the molecule is COC(=O)CN1C(=O)/C(=C/c2ccc(OC)c(C)c2OC)NC1=S. The molecule has 2 rings (SSSR count). The highest BCUT2D eigenvalue weighted by Crippen LogP contribution is 2.32. The molecule has 0 aliphatic carbocycles. The highest BCUT2D eigenvalue weighted by molar-refractivity contribution is 7.80. The molecule has 1 saturated heterocycles. The van der Waals surface area contributed by atoms with Crippen LogP contribution in [0.25, 0.3) is 6.08 Å². The molecular formula is C16H18N2O5S. The Morgan fingerprint density at radius 1 is 1.29 bits per heavy atom. The van der Waals surface area contributed by atoms with Crippen LogP contribution in [0, 0.1) is 6.92 Å². The molecule has 0 saturated carbocycles. The summed E-state index contributed by atoms with van der Waals surface area (Å²) in [6, 6.07) is 3.56. The maximum absolute atomic E-state index is 12.4. The number of nitrogens with one attached hydrogen (secondary N) is 1. The van der Waals surface area contributed by atoms with Crippen molar-refractivity contribution in [2.75, 3.05) is 27.9 Å². The molecular weight excluding hydrogens is 332 g/mol. The van der Waals surface area contributed by atoms with Crippen LogP contribution in [-0.2, 0) is 14.3 Å². The average molecular weight is 350 g/mol. The van der Waals surface area contributed by atoms with E-state index in [1.165, 1.54) is 7.11 Å². The quantitative estimate of drug-likeness (QED) is 0.486. The molecule has 1 aromatic rings. The second-order valence-corrected chi connectivity index (χ2v) is 5.36. The van der Waals surface area contributed by atoms with Gasteiger partial charge in [-0.15, -0.1) is 0 Å². The van der Waals surface area contributed by atoms with Gasteiger partial charge < -0.3 is 19.5 Å². The number of rotatable bonds is 5. The summed E-state index contributed by atoms with van der Waals surface area (Å²) in [4.78, 5) is 24.9. The van der Waals surface area contributed by atoms with Gasteiger partial charge in [-0.3, -0.25) is 14.5 Å². The van der Waals surface area contributed by atoms with Gasteiger partial charge in [0.1, 0.15) is 23.7 Å². The molecule has 0 unspecified atom stereocenters. The minimum atomic E-state index is -0.549. The Labute approximate surface area is 145 Å². The topological polar surface area (TPSA) is 77.1 Å².